The second-order valence-electron chi connectivity index (χ2n) is 8.65. The quantitative estimate of drug-likeness (QED) is 0.400. The van der Waals surface area contributed by atoms with E-state index >= 15 is 0 Å². The molecule has 3 rings (SSSR count). The molecule has 0 fully saturated rings. The number of anilines is 2. The summed E-state index contributed by atoms with van der Waals surface area (Å²) in [5, 5.41) is 33.4. The van der Waals surface area contributed by atoms with Crippen LogP contribution >= 0.6 is 0 Å². The molecule has 3 N–H and O–H groups in total. The Morgan fingerprint density at radius 3 is 2.43 bits per heavy atom. The van der Waals surface area contributed by atoms with E-state index in [-0.39, 0.29) is 18.2 Å². The van der Waals surface area contributed by atoms with Crippen molar-refractivity contribution in [2.45, 2.75) is 44.8 Å². The number of benzene rings is 1. The van der Waals surface area contributed by atoms with Gasteiger partial charge in [-0.1, -0.05) is 26.0 Å². The fraction of sp³-hybridized carbons (Fsp3) is 0.360. The molecule has 0 saturated heterocycles. The second-order valence-corrected chi connectivity index (χ2v) is 8.65. The summed E-state index contributed by atoms with van der Waals surface area (Å²) in [5.41, 5.74) is 2.53. The predicted molar refractivity (Wildman–Crippen MR) is 131 cm³/mol. The lowest BCUT2D eigenvalue weighted by Gasteiger charge is -2.20. The minimum atomic E-state index is -1.18. The Balaban J connectivity index is 2.08. The molecule has 3 aromatic rings. The maximum absolute atomic E-state index is 13.6. The predicted octanol–water partition coefficient (Wildman–Crippen LogP) is 3.51. The molecule has 186 valence electrons. The Bertz CT molecular complexity index is 1190. The number of hydrogen-bond donors (Lipinski definition) is 3. The molecule has 2 atom stereocenters. The lowest BCUT2D eigenvalue weighted by atomic mass is 9.97. The van der Waals surface area contributed by atoms with Crippen molar-refractivity contribution in [1.29, 1.82) is 0 Å². The first kappa shape index (κ1) is 26.0. The van der Waals surface area contributed by atoms with Gasteiger partial charge in [-0.2, -0.15) is 5.10 Å². The van der Waals surface area contributed by atoms with Gasteiger partial charge in [-0.05, 0) is 30.2 Å². The Kier molecular flexibility index (Phi) is 8.31. The summed E-state index contributed by atoms with van der Waals surface area (Å²) in [6.45, 7) is 3.96. The van der Waals surface area contributed by atoms with E-state index in [1.807, 2.05) is 33.2 Å². The first-order valence-corrected chi connectivity index (χ1v) is 11.2. The molecule has 35 heavy (non-hydrogen) atoms. The number of hydrogen-bond acceptors (Lipinski definition) is 7. The SMILES string of the molecule is CC(C)c1nc(N(C)c2ccn(C)n2)nc(-c2ccc(F)cc2)c1C=C[C@@H](O)C[C@@H](O)CC(=O)O. The molecule has 2 aromatic heterocycles. The fourth-order valence-corrected chi connectivity index (χ4v) is 3.59. The van der Waals surface area contributed by atoms with Gasteiger partial charge in [0.15, 0.2) is 5.82 Å². The highest BCUT2D eigenvalue weighted by Crippen LogP contribution is 2.32. The van der Waals surface area contributed by atoms with Crippen LogP contribution in [-0.4, -0.2) is 60.3 Å². The average molecular weight is 484 g/mol. The minimum absolute atomic E-state index is 0.0255. The number of aliphatic carboxylic acids is 1. The summed E-state index contributed by atoms with van der Waals surface area (Å²) in [4.78, 5) is 22.1. The van der Waals surface area contributed by atoms with E-state index < -0.39 is 24.6 Å². The fourth-order valence-electron chi connectivity index (χ4n) is 3.59. The van der Waals surface area contributed by atoms with Gasteiger partial charge >= 0.3 is 5.97 Å². The summed E-state index contributed by atoms with van der Waals surface area (Å²) >= 11 is 0. The van der Waals surface area contributed by atoms with Crippen LogP contribution in [0.25, 0.3) is 17.3 Å². The van der Waals surface area contributed by atoms with Gasteiger partial charge in [0.25, 0.3) is 0 Å². The van der Waals surface area contributed by atoms with Crippen LogP contribution in [0.5, 0.6) is 0 Å². The van der Waals surface area contributed by atoms with Gasteiger partial charge in [0.05, 0.1) is 30.0 Å². The molecule has 0 aliphatic rings. The summed E-state index contributed by atoms with van der Waals surface area (Å²) in [7, 11) is 3.62. The number of carboxylic acid groups (broad SMARTS) is 1. The van der Waals surface area contributed by atoms with Crippen LogP contribution in [0.15, 0.2) is 42.6 Å². The highest BCUT2D eigenvalue weighted by Gasteiger charge is 2.21. The van der Waals surface area contributed by atoms with Gasteiger partial charge in [-0.25, -0.2) is 14.4 Å². The number of aromatic nitrogens is 4. The van der Waals surface area contributed by atoms with Crippen LogP contribution in [0.2, 0.25) is 0 Å². The van der Waals surface area contributed by atoms with E-state index in [1.165, 1.54) is 18.2 Å². The van der Waals surface area contributed by atoms with Crippen molar-refractivity contribution in [2.75, 3.05) is 11.9 Å². The highest BCUT2D eigenvalue weighted by atomic mass is 19.1. The third-order valence-electron chi connectivity index (χ3n) is 5.38. The van der Waals surface area contributed by atoms with Crippen molar-refractivity contribution in [3.05, 3.63) is 59.7 Å². The van der Waals surface area contributed by atoms with E-state index in [2.05, 4.69) is 5.10 Å². The first-order chi connectivity index (χ1) is 16.5. The van der Waals surface area contributed by atoms with Crippen LogP contribution in [0.4, 0.5) is 16.2 Å². The molecular weight excluding hydrogens is 453 g/mol. The molecule has 0 saturated carbocycles. The van der Waals surface area contributed by atoms with Crippen molar-refractivity contribution in [2.24, 2.45) is 7.05 Å². The van der Waals surface area contributed by atoms with Gasteiger partial charge in [0.1, 0.15) is 5.82 Å². The Morgan fingerprint density at radius 2 is 1.86 bits per heavy atom. The summed E-state index contributed by atoms with van der Waals surface area (Å²) in [6.07, 6.45) is 2.10. The lowest BCUT2D eigenvalue weighted by molar-refractivity contribution is -0.139. The van der Waals surface area contributed by atoms with E-state index in [9.17, 15) is 19.4 Å². The first-order valence-electron chi connectivity index (χ1n) is 11.2. The second kappa shape index (κ2) is 11.2. The molecular formula is C25H30FN5O4. The standard InChI is InChI=1S/C25H30FN5O4/c1-15(2)23-20(10-9-18(32)13-19(33)14-22(34)35)24(16-5-7-17(26)8-6-16)28-25(27-23)31(4)21-11-12-30(3)29-21/h5-12,15,18-19,32-33H,13-14H2,1-4H3,(H,34,35)/t18-,19-/m1/s1. The molecule has 0 radical (unpaired) electrons. The molecule has 0 unspecified atom stereocenters. The third kappa shape index (κ3) is 6.71. The number of carboxylic acids is 1. The summed E-state index contributed by atoms with van der Waals surface area (Å²) < 4.78 is 15.3. The minimum Gasteiger partial charge on any atom is -0.481 e. The number of aliphatic hydroxyl groups excluding tert-OH is 2. The van der Waals surface area contributed by atoms with E-state index in [1.54, 1.807) is 34.8 Å². The van der Waals surface area contributed by atoms with Gasteiger partial charge in [-0.3, -0.25) is 14.4 Å². The van der Waals surface area contributed by atoms with E-state index in [0.29, 0.717) is 34.3 Å². The van der Waals surface area contributed by atoms with Crippen molar-refractivity contribution in [3.8, 4) is 11.3 Å². The molecule has 10 heteroatoms. The number of rotatable bonds is 10. The third-order valence-corrected chi connectivity index (χ3v) is 5.38. The molecule has 0 bridgehead atoms. The van der Waals surface area contributed by atoms with Crippen LogP contribution in [0.3, 0.4) is 0 Å². The average Bonchev–Trinajstić information content (AvgIpc) is 3.22. The van der Waals surface area contributed by atoms with E-state index in [4.69, 9.17) is 15.1 Å². The van der Waals surface area contributed by atoms with Gasteiger partial charge in [-0.15, -0.1) is 0 Å². The largest absolute Gasteiger partial charge is 0.481 e. The van der Waals surface area contributed by atoms with Crippen molar-refractivity contribution in [3.63, 3.8) is 0 Å². The smallest absolute Gasteiger partial charge is 0.305 e. The van der Waals surface area contributed by atoms with Crippen LogP contribution in [0, 0.1) is 5.82 Å². The highest BCUT2D eigenvalue weighted by molar-refractivity contribution is 5.75. The Hall–Kier alpha value is -3.63. The number of aryl methyl sites for hydroxylation is 1. The monoisotopic (exact) mass is 483 g/mol. The molecule has 0 amide bonds. The van der Waals surface area contributed by atoms with E-state index in [0.717, 1.165) is 0 Å². The van der Waals surface area contributed by atoms with Crippen molar-refractivity contribution < 1.29 is 24.5 Å². The molecule has 9 nitrogen and oxygen atoms in total. The maximum Gasteiger partial charge on any atom is 0.305 e. The molecule has 1 aromatic carbocycles. The zero-order chi connectivity index (χ0) is 25.7. The van der Waals surface area contributed by atoms with Crippen LogP contribution in [-0.2, 0) is 11.8 Å². The molecule has 0 aliphatic carbocycles. The molecule has 0 spiro atoms. The number of aliphatic hydroxyl groups is 2. The van der Waals surface area contributed by atoms with Crippen molar-refractivity contribution in [1.82, 2.24) is 19.7 Å². The van der Waals surface area contributed by atoms with Gasteiger partial charge in [0.2, 0.25) is 5.95 Å². The zero-order valence-electron chi connectivity index (χ0n) is 20.1. The van der Waals surface area contributed by atoms with Crippen molar-refractivity contribution >= 4 is 23.8 Å². The number of nitrogens with zero attached hydrogens (tertiary/aromatic N) is 5. The topological polar surface area (TPSA) is 125 Å². The summed E-state index contributed by atoms with van der Waals surface area (Å²) in [5.74, 6) is -0.491. The van der Waals surface area contributed by atoms with Gasteiger partial charge in [0, 0.05) is 43.9 Å². The summed E-state index contributed by atoms with van der Waals surface area (Å²) in [6, 6.07) is 7.77. The van der Waals surface area contributed by atoms with Gasteiger partial charge < -0.3 is 15.3 Å². The zero-order valence-corrected chi connectivity index (χ0v) is 20.1. The maximum atomic E-state index is 13.6. The lowest BCUT2D eigenvalue weighted by Crippen LogP contribution is -2.19. The molecule has 2 heterocycles. The van der Waals surface area contributed by atoms with Crippen LogP contribution in [0.1, 0.15) is 43.9 Å². The van der Waals surface area contributed by atoms with Crippen LogP contribution < -0.4 is 4.90 Å². The molecule has 0 aliphatic heterocycles. The number of halogens is 1. The Morgan fingerprint density at radius 1 is 1.17 bits per heavy atom. The normalized spacial score (nSPS) is 13.4. The Labute approximate surface area is 203 Å². The number of carbonyl (C=O) groups is 1.